The van der Waals surface area contributed by atoms with Crippen LogP contribution in [0.5, 0.6) is 0 Å². The molecule has 15 heavy (non-hydrogen) atoms. The molecule has 0 aliphatic heterocycles. The van der Waals surface area contributed by atoms with Gasteiger partial charge in [-0.3, -0.25) is 9.78 Å². The van der Waals surface area contributed by atoms with Crippen LogP contribution in [0.2, 0.25) is 5.15 Å². The highest BCUT2D eigenvalue weighted by molar-refractivity contribution is 7.11. The van der Waals surface area contributed by atoms with E-state index in [1.54, 1.807) is 17.6 Å². The normalized spacial score (nSPS) is 9.93. The Labute approximate surface area is 94.9 Å². The smallest absolute Gasteiger partial charge is 0.267 e. The van der Waals surface area contributed by atoms with E-state index in [1.807, 2.05) is 0 Å². The average Bonchev–Trinajstić information content (AvgIpc) is 2.74. The molecule has 0 radical (unpaired) electrons. The van der Waals surface area contributed by atoms with Gasteiger partial charge in [-0.05, 0) is 12.1 Å². The number of nitrogens with one attached hydrogen (secondary N) is 1. The van der Waals surface area contributed by atoms with Crippen LogP contribution in [-0.2, 0) is 0 Å². The fourth-order valence-electron chi connectivity index (χ4n) is 0.970. The van der Waals surface area contributed by atoms with Gasteiger partial charge in [-0.1, -0.05) is 11.6 Å². The molecule has 0 aliphatic carbocycles. The second-order valence-corrected chi connectivity index (χ2v) is 3.96. The molecule has 76 valence electrons. The second-order valence-electron chi connectivity index (χ2n) is 2.69. The fourth-order valence-corrected chi connectivity index (χ4v) is 1.60. The number of amides is 1. The molecule has 2 aromatic heterocycles. The van der Waals surface area contributed by atoms with E-state index in [0.717, 1.165) is 0 Å². The molecule has 0 saturated carbocycles. The van der Waals surface area contributed by atoms with Crippen LogP contribution in [0.4, 0.5) is 5.69 Å². The summed E-state index contributed by atoms with van der Waals surface area (Å²) >= 11 is 6.90. The van der Waals surface area contributed by atoms with Gasteiger partial charge >= 0.3 is 0 Å². The molecule has 0 aliphatic rings. The number of pyridine rings is 1. The Morgan fingerprint density at radius 3 is 2.87 bits per heavy atom. The Bertz CT molecular complexity index is 455. The van der Waals surface area contributed by atoms with Gasteiger partial charge in [-0.25, -0.2) is 4.98 Å². The summed E-state index contributed by atoms with van der Waals surface area (Å²) in [6.07, 6.45) is 3.02. The number of rotatable bonds is 2. The van der Waals surface area contributed by atoms with Crippen molar-refractivity contribution < 1.29 is 4.79 Å². The number of hydrogen-bond donors (Lipinski definition) is 1. The lowest BCUT2D eigenvalue weighted by Gasteiger charge is -2.01. The van der Waals surface area contributed by atoms with Crippen molar-refractivity contribution in [2.45, 2.75) is 0 Å². The van der Waals surface area contributed by atoms with Crippen LogP contribution in [0, 0.1) is 0 Å². The number of aromatic nitrogens is 2. The molecule has 0 atom stereocenters. The van der Waals surface area contributed by atoms with Crippen LogP contribution in [0.1, 0.15) is 9.67 Å². The van der Waals surface area contributed by atoms with Crippen molar-refractivity contribution >= 4 is 34.5 Å². The summed E-state index contributed by atoms with van der Waals surface area (Å²) in [6.45, 7) is 0. The van der Waals surface area contributed by atoms with E-state index in [1.165, 1.54) is 23.7 Å². The number of hydrogen-bond acceptors (Lipinski definition) is 4. The summed E-state index contributed by atoms with van der Waals surface area (Å²) in [7, 11) is 0. The van der Waals surface area contributed by atoms with Crippen LogP contribution in [0.25, 0.3) is 0 Å². The zero-order valence-corrected chi connectivity index (χ0v) is 9.05. The summed E-state index contributed by atoms with van der Waals surface area (Å²) in [6, 6.07) is 3.30. The maximum absolute atomic E-state index is 11.6. The van der Waals surface area contributed by atoms with Crippen LogP contribution >= 0.6 is 22.9 Å². The van der Waals surface area contributed by atoms with Crippen molar-refractivity contribution in [1.82, 2.24) is 9.97 Å². The molecule has 0 saturated heterocycles. The molecular formula is C9H6ClN3OS. The third-order valence-electron chi connectivity index (χ3n) is 1.64. The standard InChI is InChI=1S/C9H6ClN3OS/c10-8-2-1-6(3-12-8)13-9(14)7-4-11-5-15-7/h1-5H,(H,13,14). The van der Waals surface area contributed by atoms with Crippen molar-refractivity contribution in [2.75, 3.05) is 5.32 Å². The lowest BCUT2D eigenvalue weighted by atomic mass is 10.4. The van der Waals surface area contributed by atoms with Gasteiger partial charge in [0.05, 0.1) is 23.6 Å². The summed E-state index contributed by atoms with van der Waals surface area (Å²) in [5, 5.41) is 3.08. The average molecular weight is 240 g/mol. The first-order valence-electron chi connectivity index (χ1n) is 4.07. The monoisotopic (exact) mass is 239 g/mol. The third kappa shape index (κ3) is 2.51. The molecule has 2 aromatic rings. The Hall–Kier alpha value is -1.46. The van der Waals surface area contributed by atoms with Crippen molar-refractivity contribution in [3.63, 3.8) is 0 Å². The second kappa shape index (κ2) is 4.37. The summed E-state index contributed by atoms with van der Waals surface area (Å²) in [4.78, 5) is 19.8. The topological polar surface area (TPSA) is 54.9 Å². The van der Waals surface area contributed by atoms with E-state index in [4.69, 9.17) is 11.6 Å². The SMILES string of the molecule is O=C(Nc1ccc(Cl)nc1)c1cncs1. The first kappa shape index (κ1) is 10.1. The molecule has 2 rings (SSSR count). The Morgan fingerprint density at radius 1 is 1.40 bits per heavy atom. The Morgan fingerprint density at radius 2 is 2.27 bits per heavy atom. The number of halogens is 1. The lowest BCUT2D eigenvalue weighted by Crippen LogP contribution is -2.10. The van der Waals surface area contributed by atoms with Gasteiger partial charge in [0.15, 0.2) is 0 Å². The predicted octanol–water partition coefficient (Wildman–Crippen LogP) is 2.44. The number of anilines is 1. The van der Waals surface area contributed by atoms with E-state index >= 15 is 0 Å². The number of carbonyl (C=O) groups is 1. The maximum Gasteiger partial charge on any atom is 0.267 e. The lowest BCUT2D eigenvalue weighted by molar-refractivity contribution is 0.103. The molecule has 0 aromatic carbocycles. The van der Waals surface area contributed by atoms with Crippen molar-refractivity contribution in [2.24, 2.45) is 0 Å². The summed E-state index contributed by atoms with van der Waals surface area (Å²) in [5.74, 6) is -0.193. The van der Waals surface area contributed by atoms with Gasteiger partial charge in [-0.2, -0.15) is 0 Å². The van der Waals surface area contributed by atoms with Gasteiger partial charge in [0, 0.05) is 0 Å². The molecule has 0 spiro atoms. The molecule has 0 bridgehead atoms. The van der Waals surface area contributed by atoms with Crippen LogP contribution in [-0.4, -0.2) is 15.9 Å². The summed E-state index contributed by atoms with van der Waals surface area (Å²) in [5.41, 5.74) is 2.22. The fraction of sp³-hybridized carbons (Fsp3) is 0. The van der Waals surface area contributed by atoms with Gasteiger partial charge < -0.3 is 5.32 Å². The first-order valence-corrected chi connectivity index (χ1v) is 5.33. The van der Waals surface area contributed by atoms with Crippen LogP contribution in [0.15, 0.2) is 30.0 Å². The number of carbonyl (C=O) groups excluding carboxylic acids is 1. The van der Waals surface area contributed by atoms with Crippen LogP contribution < -0.4 is 5.32 Å². The third-order valence-corrected chi connectivity index (χ3v) is 2.64. The van der Waals surface area contributed by atoms with Gasteiger partial charge in [-0.15, -0.1) is 11.3 Å². The predicted molar refractivity (Wildman–Crippen MR) is 59.3 cm³/mol. The minimum atomic E-state index is -0.193. The molecular weight excluding hydrogens is 234 g/mol. The van der Waals surface area contributed by atoms with Gasteiger partial charge in [0.1, 0.15) is 10.0 Å². The van der Waals surface area contributed by atoms with Crippen molar-refractivity contribution in [3.8, 4) is 0 Å². The quantitative estimate of drug-likeness (QED) is 0.819. The zero-order chi connectivity index (χ0) is 10.7. The zero-order valence-electron chi connectivity index (χ0n) is 7.48. The highest BCUT2D eigenvalue weighted by atomic mass is 35.5. The Balaban J connectivity index is 2.09. The first-order chi connectivity index (χ1) is 7.25. The molecule has 4 nitrogen and oxygen atoms in total. The summed E-state index contributed by atoms with van der Waals surface area (Å²) < 4.78 is 0. The Kier molecular flexibility index (Phi) is 2.94. The minimum absolute atomic E-state index is 0.193. The molecule has 1 amide bonds. The van der Waals surface area contributed by atoms with Gasteiger partial charge in [0.25, 0.3) is 5.91 Å². The molecule has 2 heterocycles. The number of thiazole rings is 1. The molecule has 0 unspecified atom stereocenters. The highest BCUT2D eigenvalue weighted by Crippen LogP contribution is 2.12. The number of nitrogens with zero attached hydrogens (tertiary/aromatic N) is 2. The van der Waals surface area contributed by atoms with E-state index in [9.17, 15) is 4.79 Å². The van der Waals surface area contributed by atoms with E-state index < -0.39 is 0 Å². The molecule has 1 N–H and O–H groups in total. The van der Waals surface area contributed by atoms with Crippen LogP contribution in [0.3, 0.4) is 0 Å². The van der Waals surface area contributed by atoms with E-state index in [2.05, 4.69) is 15.3 Å². The van der Waals surface area contributed by atoms with E-state index in [-0.39, 0.29) is 5.91 Å². The molecule has 6 heteroatoms. The molecule has 0 fully saturated rings. The largest absolute Gasteiger partial charge is 0.320 e. The maximum atomic E-state index is 11.6. The minimum Gasteiger partial charge on any atom is -0.320 e. The van der Waals surface area contributed by atoms with Crippen molar-refractivity contribution in [3.05, 3.63) is 40.1 Å². The van der Waals surface area contributed by atoms with E-state index in [0.29, 0.717) is 15.7 Å². The van der Waals surface area contributed by atoms with Crippen molar-refractivity contribution in [1.29, 1.82) is 0 Å². The highest BCUT2D eigenvalue weighted by Gasteiger charge is 2.07. The van der Waals surface area contributed by atoms with Gasteiger partial charge in [0.2, 0.25) is 0 Å².